The fraction of sp³-hybridized carbons (Fsp3) is 0.167. The average Bonchev–Trinajstić information content (AvgIpc) is 2.70. The average molecular weight is 231 g/mol. The molecule has 1 aromatic heterocycles. The normalized spacial score (nSPS) is 10.0. The number of H-pyrrole nitrogens is 1. The lowest BCUT2D eigenvalue weighted by Crippen LogP contribution is -1.90. The summed E-state index contributed by atoms with van der Waals surface area (Å²) in [5.41, 5.74) is 1.44. The highest BCUT2D eigenvalue weighted by atomic mass is 19.1. The Morgan fingerprint density at radius 3 is 2.82 bits per heavy atom. The van der Waals surface area contributed by atoms with Gasteiger partial charge in [0.1, 0.15) is 23.5 Å². The van der Waals surface area contributed by atoms with Crippen molar-refractivity contribution < 1.29 is 9.13 Å². The summed E-state index contributed by atoms with van der Waals surface area (Å²) in [4.78, 5) is 7.02. The van der Waals surface area contributed by atoms with Crippen LogP contribution in [-0.2, 0) is 0 Å². The summed E-state index contributed by atoms with van der Waals surface area (Å²) in [6.45, 7) is 1.74. The number of benzene rings is 1. The molecular formula is C12H10FN3O. The number of rotatable bonds is 2. The Morgan fingerprint density at radius 1 is 1.47 bits per heavy atom. The second-order valence-corrected chi connectivity index (χ2v) is 3.52. The van der Waals surface area contributed by atoms with Gasteiger partial charge in [0.05, 0.1) is 18.4 Å². The van der Waals surface area contributed by atoms with E-state index in [2.05, 4.69) is 9.97 Å². The first-order valence-corrected chi connectivity index (χ1v) is 4.96. The molecule has 2 aromatic rings. The molecule has 1 heterocycles. The molecule has 4 nitrogen and oxygen atoms in total. The number of nitrogens with zero attached hydrogens (tertiary/aromatic N) is 2. The standard InChI is InChI=1S/C12H10FN3O/c1-7-10(6-14)16-12(15-7)9-5-8(13)3-4-11(9)17-2/h3-5H,1-2H3,(H,15,16). The van der Waals surface area contributed by atoms with Gasteiger partial charge < -0.3 is 9.72 Å². The van der Waals surface area contributed by atoms with Gasteiger partial charge >= 0.3 is 0 Å². The van der Waals surface area contributed by atoms with Crippen LogP contribution in [0.5, 0.6) is 5.75 Å². The monoisotopic (exact) mass is 231 g/mol. The molecule has 0 bridgehead atoms. The second-order valence-electron chi connectivity index (χ2n) is 3.52. The molecule has 0 fully saturated rings. The first-order valence-electron chi connectivity index (χ1n) is 4.96. The summed E-state index contributed by atoms with van der Waals surface area (Å²) in [7, 11) is 1.50. The summed E-state index contributed by atoms with van der Waals surface area (Å²) in [5, 5.41) is 8.82. The Balaban J connectivity index is 2.59. The van der Waals surface area contributed by atoms with Crippen LogP contribution < -0.4 is 4.74 Å². The predicted molar refractivity (Wildman–Crippen MR) is 60.0 cm³/mol. The number of methoxy groups -OCH3 is 1. The molecule has 5 heteroatoms. The number of aromatic nitrogens is 2. The highest BCUT2D eigenvalue weighted by Crippen LogP contribution is 2.29. The van der Waals surface area contributed by atoms with Crippen molar-refractivity contribution in [3.8, 4) is 23.2 Å². The molecule has 0 amide bonds. The van der Waals surface area contributed by atoms with Crippen LogP contribution in [0.1, 0.15) is 11.4 Å². The van der Waals surface area contributed by atoms with Gasteiger partial charge in [-0.3, -0.25) is 0 Å². The molecule has 17 heavy (non-hydrogen) atoms. The van der Waals surface area contributed by atoms with Gasteiger partial charge in [-0.15, -0.1) is 0 Å². The Morgan fingerprint density at radius 2 is 2.24 bits per heavy atom. The van der Waals surface area contributed by atoms with Crippen molar-refractivity contribution in [2.24, 2.45) is 0 Å². The molecule has 0 aliphatic rings. The number of hydrogen-bond acceptors (Lipinski definition) is 3. The van der Waals surface area contributed by atoms with Crippen molar-refractivity contribution in [2.45, 2.75) is 6.92 Å². The fourth-order valence-corrected chi connectivity index (χ4v) is 1.56. The largest absolute Gasteiger partial charge is 0.496 e. The van der Waals surface area contributed by atoms with Crippen molar-refractivity contribution in [1.82, 2.24) is 9.97 Å². The second kappa shape index (κ2) is 4.26. The highest BCUT2D eigenvalue weighted by Gasteiger charge is 2.13. The fourth-order valence-electron chi connectivity index (χ4n) is 1.56. The van der Waals surface area contributed by atoms with Gasteiger partial charge in [0.15, 0.2) is 5.69 Å². The van der Waals surface area contributed by atoms with Crippen LogP contribution in [0, 0.1) is 24.1 Å². The molecule has 86 valence electrons. The van der Waals surface area contributed by atoms with E-state index in [1.165, 1.54) is 25.3 Å². The molecule has 0 atom stereocenters. The number of halogens is 1. The quantitative estimate of drug-likeness (QED) is 0.863. The highest BCUT2D eigenvalue weighted by molar-refractivity contribution is 5.65. The maximum absolute atomic E-state index is 13.2. The van der Waals surface area contributed by atoms with E-state index in [1.807, 2.05) is 6.07 Å². The van der Waals surface area contributed by atoms with Gasteiger partial charge in [0.25, 0.3) is 0 Å². The molecule has 0 radical (unpaired) electrons. The zero-order valence-corrected chi connectivity index (χ0v) is 9.41. The number of hydrogen-bond donors (Lipinski definition) is 1. The van der Waals surface area contributed by atoms with Crippen LogP contribution in [0.15, 0.2) is 18.2 Å². The predicted octanol–water partition coefficient (Wildman–Crippen LogP) is 2.40. The van der Waals surface area contributed by atoms with Gasteiger partial charge in [-0.1, -0.05) is 0 Å². The van der Waals surface area contributed by atoms with E-state index in [4.69, 9.17) is 10.00 Å². The van der Waals surface area contributed by atoms with E-state index in [-0.39, 0.29) is 5.82 Å². The van der Waals surface area contributed by atoms with Crippen molar-refractivity contribution in [2.75, 3.05) is 7.11 Å². The Kier molecular flexibility index (Phi) is 2.79. The van der Waals surface area contributed by atoms with Gasteiger partial charge in [0.2, 0.25) is 0 Å². The SMILES string of the molecule is COc1ccc(F)cc1-c1nc(C#N)c(C)[nH]1. The third-order valence-corrected chi connectivity index (χ3v) is 2.41. The molecule has 0 saturated heterocycles. The number of nitrogens with one attached hydrogen (secondary N) is 1. The van der Waals surface area contributed by atoms with Crippen LogP contribution >= 0.6 is 0 Å². The summed E-state index contributed by atoms with van der Waals surface area (Å²) >= 11 is 0. The third kappa shape index (κ3) is 1.97. The topological polar surface area (TPSA) is 61.7 Å². The Labute approximate surface area is 97.7 Å². The minimum absolute atomic E-state index is 0.298. The van der Waals surface area contributed by atoms with Gasteiger partial charge in [0, 0.05) is 0 Å². The molecule has 0 saturated carbocycles. The lowest BCUT2D eigenvalue weighted by molar-refractivity contribution is 0.415. The number of imidazole rings is 1. The van der Waals surface area contributed by atoms with Crippen LogP contribution in [-0.4, -0.2) is 17.1 Å². The Hall–Kier alpha value is -2.35. The van der Waals surface area contributed by atoms with Crippen molar-refractivity contribution in [3.05, 3.63) is 35.4 Å². The number of aromatic amines is 1. The van der Waals surface area contributed by atoms with Crippen molar-refractivity contribution in [3.63, 3.8) is 0 Å². The lowest BCUT2D eigenvalue weighted by Gasteiger charge is -2.05. The van der Waals surface area contributed by atoms with Crippen LogP contribution in [0.2, 0.25) is 0 Å². The zero-order chi connectivity index (χ0) is 12.4. The molecule has 0 spiro atoms. The molecule has 0 aliphatic heterocycles. The van der Waals surface area contributed by atoms with Gasteiger partial charge in [-0.2, -0.15) is 5.26 Å². The minimum Gasteiger partial charge on any atom is -0.496 e. The zero-order valence-electron chi connectivity index (χ0n) is 9.41. The molecule has 0 aliphatic carbocycles. The lowest BCUT2D eigenvalue weighted by atomic mass is 10.2. The van der Waals surface area contributed by atoms with E-state index >= 15 is 0 Å². The molecular weight excluding hydrogens is 221 g/mol. The Bertz CT molecular complexity index is 598. The summed E-state index contributed by atoms with van der Waals surface area (Å²) in [6.07, 6.45) is 0. The summed E-state index contributed by atoms with van der Waals surface area (Å²) in [5.74, 6) is 0.549. The van der Waals surface area contributed by atoms with E-state index in [1.54, 1.807) is 6.92 Å². The van der Waals surface area contributed by atoms with E-state index < -0.39 is 0 Å². The van der Waals surface area contributed by atoms with E-state index in [0.717, 1.165) is 0 Å². The maximum Gasteiger partial charge on any atom is 0.161 e. The van der Waals surface area contributed by atoms with Crippen LogP contribution in [0.3, 0.4) is 0 Å². The number of ether oxygens (including phenoxy) is 1. The molecule has 0 unspecified atom stereocenters. The first kappa shape index (κ1) is 11.1. The number of nitriles is 1. The first-order chi connectivity index (χ1) is 8.15. The maximum atomic E-state index is 13.2. The summed E-state index contributed by atoms with van der Waals surface area (Å²) in [6, 6.07) is 6.11. The number of aryl methyl sites for hydroxylation is 1. The minimum atomic E-state index is -0.381. The summed E-state index contributed by atoms with van der Waals surface area (Å²) < 4.78 is 18.3. The smallest absolute Gasteiger partial charge is 0.161 e. The molecule has 1 aromatic carbocycles. The van der Waals surface area contributed by atoms with Crippen molar-refractivity contribution in [1.29, 1.82) is 5.26 Å². The van der Waals surface area contributed by atoms with Gasteiger partial charge in [-0.05, 0) is 25.1 Å². The van der Waals surface area contributed by atoms with E-state index in [9.17, 15) is 4.39 Å². The third-order valence-electron chi connectivity index (χ3n) is 2.41. The van der Waals surface area contributed by atoms with E-state index in [0.29, 0.717) is 28.5 Å². The van der Waals surface area contributed by atoms with Gasteiger partial charge in [-0.25, -0.2) is 9.37 Å². The molecule has 2 rings (SSSR count). The van der Waals surface area contributed by atoms with Crippen LogP contribution in [0.4, 0.5) is 4.39 Å². The van der Waals surface area contributed by atoms with Crippen molar-refractivity contribution >= 4 is 0 Å². The molecule has 1 N–H and O–H groups in total. The van der Waals surface area contributed by atoms with Crippen LogP contribution in [0.25, 0.3) is 11.4 Å².